The van der Waals surface area contributed by atoms with Crippen LogP contribution in [0.15, 0.2) is 42.7 Å². The first-order valence-corrected chi connectivity index (χ1v) is 8.61. The van der Waals surface area contributed by atoms with Crippen LogP contribution < -0.4 is 10.2 Å². The number of cyclic esters (lactones) is 1. The SMILES string of the molecule is CC(=O)NC[C@H]1CN(c2ccc(-n3cc4ncccc4c3O)c(F)c2)C(=O)O1. The highest BCUT2D eigenvalue weighted by Crippen LogP contribution is 2.31. The van der Waals surface area contributed by atoms with E-state index >= 15 is 0 Å². The van der Waals surface area contributed by atoms with Crippen LogP contribution in [0.2, 0.25) is 0 Å². The quantitative estimate of drug-likeness (QED) is 0.720. The maximum Gasteiger partial charge on any atom is 0.414 e. The third-order valence-corrected chi connectivity index (χ3v) is 4.51. The second-order valence-electron chi connectivity index (χ2n) is 6.45. The highest BCUT2D eigenvalue weighted by atomic mass is 19.1. The summed E-state index contributed by atoms with van der Waals surface area (Å²) in [5.74, 6) is -0.963. The molecular weight excluding hydrogens is 367 g/mol. The van der Waals surface area contributed by atoms with Gasteiger partial charge in [0.25, 0.3) is 0 Å². The third kappa shape index (κ3) is 3.11. The molecule has 2 aromatic heterocycles. The van der Waals surface area contributed by atoms with Crippen LogP contribution in [0, 0.1) is 5.82 Å². The molecule has 1 aromatic carbocycles. The number of carbonyl (C=O) groups is 2. The van der Waals surface area contributed by atoms with Gasteiger partial charge in [-0.25, -0.2) is 9.18 Å². The largest absolute Gasteiger partial charge is 0.494 e. The van der Waals surface area contributed by atoms with Crippen LogP contribution in [0.25, 0.3) is 16.6 Å². The standard InChI is InChI=1S/C19H17FN4O4/c1-11(25)22-8-13-9-23(19(27)28-13)12-4-5-17(15(20)7-12)24-10-16-14(18(24)26)3-2-6-21-16/h2-7,10,13,26H,8-9H2,1H3,(H,22,25)/t13-/m0/s1. The molecule has 0 unspecified atom stereocenters. The molecule has 3 aromatic rings. The van der Waals surface area contributed by atoms with Crippen molar-refractivity contribution in [1.29, 1.82) is 0 Å². The zero-order valence-electron chi connectivity index (χ0n) is 14.9. The molecule has 0 bridgehead atoms. The van der Waals surface area contributed by atoms with Gasteiger partial charge in [0, 0.05) is 19.3 Å². The number of rotatable bonds is 4. The van der Waals surface area contributed by atoms with E-state index in [0.717, 1.165) is 0 Å². The number of aromatic nitrogens is 2. The first-order chi connectivity index (χ1) is 13.4. The molecule has 3 heterocycles. The Kier molecular flexibility index (Phi) is 4.34. The predicted octanol–water partition coefficient (Wildman–Crippen LogP) is 2.33. The Balaban J connectivity index is 1.60. The summed E-state index contributed by atoms with van der Waals surface area (Å²) in [5, 5.41) is 13.5. The monoisotopic (exact) mass is 384 g/mol. The Morgan fingerprint density at radius 2 is 2.25 bits per heavy atom. The van der Waals surface area contributed by atoms with Crippen molar-refractivity contribution in [2.24, 2.45) is 0 Å². The van der Waals surface area contributed by atoms with Gasteiger partial charge in [-0.2, -0.15) is 0 Å². The molecule has 1 aliphatic rings. The van der Waals surface area contributed by atoms with Crippen LogP contribution in [-0.4, -0.2) is 45.9 Å². The van der Waals surface area contributed by atoms with Crippen LogP contribution in [0.3, 0.4) is 0 Å². The van der Waals surface area contributed by atoms with E-state index in [9.17, 15) is 19.1 Å². The first kappa shape index (κ1) is 17.8. The molecule has 2 amide bonds. The number of nitrogens with one attached hydrogen (secondary N) is 1. The van der Waals surface area contributed by atoms with E-state index in [2.05, 4.69) is 10.3 Å². The maximum absolute atomic E-state index is 14.8. The number of halogens is 1. The number of aromatic hydroxyl groups is 1. The molecule has 8 nitrogen and oxygen atoms in total. The van der Waals surface area contributed by atoms with Crippen molar-refractivity contribution in [3.8, 4) is 11.6 Å². The zero-order valence-corrected chi connectivity index (χ0v) is 14.9. The van der Waals surface area contributed by atoms with Crippen molar-refractivity contribution >= 4 is 28.6 Å². The number of nitrogens with zero attached hydrogens (tertiary/aromatic N) is 3. The molecule has 1 saturated heterocycles. The number of fused-ring (bicyclic) bond motifs is 1. The lowest BCUT2D eigenvalue weighted by molar-refractivity contribution is -0.119. The van der Waals surface area contributed by atoms with Gasteiger partial charge in [0.2, 0.25) is 11.8 Å². The fourth-order valence-corrected chi connectivity index (χ4v) is 3.16. The number of hydrogen-bond acceptors (Lipinski definition) is 5. The Bertz CT molecular complexity index is 1080. The molecule has 1 atom stereocenters. The molecule has 1 aliphatic heterocycles. The van der Waals surface area contributed by atoms with Crippen LogP contribution >= 0.6 is 0 Å². The Labute approximate surface area is 159 Å². The highest BCUT2D eigenvalue weighted by molar-refractivity contribution is 5.90. The third-order valence-electron chi connectivity index (χ3n) is 4.51. The van der Waals surface area contributed by atoms with Crippen LogP contribution in [0.5, 0.6) is 5.88 Å². The van der Waals surface area contributed by atoms with Gasteiger partial charge in [0.05, 0.1) is 35.4 Å². The predicted molar refractivity (Wildman–Crippen MR) is 99.0 cm³/mol. The van der Waals surface area contributed by atoms with Crippen molar-refractivity contribution in [1.82, 2.24) is 14.9 Å². The first-order valence-electron chi connectivity index (χ1n) is 8.61. The van der Waals surface area contributed by atoms with E-state index in [-0.39, 0.29) is 30.6 Å². The summed E-state index contributed by atoms with van der Waals surface area (Å²) in [6.45, 7) is 1.76. The second-order valence-corrected chi connectivity index (χ2v) is 6.45. The average molecular weight is 384 g/mol. The molecule has 28 heavy (non-hydrogen) atoms. The summed E-state index contributed by atoms with van der Waals surface area (Å²) >= 11 is 0. The lowest BCUT2D eigenvalue weighted by atomic mass is 10.2. The summed E-state index contributed by atoms with van der Waals surface area (Å²) in [6.07, 6.45) is 2.00. The number of anilines is 1. The van der Waals surface area contributed by atoms with E-state index in [0.29, 0.717) is 16.6 Å². The summed E-state index contributed by atoms with van der Waals surface area (Å²) in [5.41, 5.74) is 0.986. The van der Waals surface area contributed by atoms with Crippen molar-refractivity contribution < 1.29 is 23.8 Å². The summed E-state index contributed by atoms with van der Waals surface area (Å²) < 4.78 is 21.3. The lowest BCUT2D eigenvalue weighted by Crippen LogP contribution is -2.33. The molecule has 0 saturated carbocycles. The van der Waals surface area contributed by atoms with Crippen molar-refractivity contribution in [2.75, 3.05) is 18.0 Å². The van der Waals surface area contributed by atoms with Gasteiger partial charge in [0.1, 0.15) is 11.9 Å². The van der Waals surface area contributed by atoms with Gasteiger partial charge in [-0.05, 0) is 30.3 Å². The Hall–Kier alpha value is -3.62. The van der Waals surface area contributed by atoms with Gasteiger partial charge >= 0.3 is 6.09 Å². The van der Waals surface area contributed by atoms with Crippen molar-refractivity contribution in [3.63, 3.8) is 0 Å². The van der Waals surface area contributed by atoms with Gasteiger partial charge in [-0.1, -0.05) is 0 Å². The summed E-state index contributed by atoms with van der Waals surface area (Å²) in [4.78, 5) is 28.5. The van der Waals surface area contributed by atoms with Gasteiger partial charge in [-0.3, -0.25) is 19.2 Å². The normalized spacial score (nSPS) is 16.4. The number of ether oxygens (including phenoxy) is 1. The van der Waals surface area contributed by atoms with Crippen molar-refractivity contribution in [3.05, 3.63) is 48.5 Å². The zero-order chi connectivity index (χ0) is 19.8. The number of amides is 2. The number of pyridine rings is 1. The summed E-state index contributed by atoms with van der Waals surface area (Å²) in [7, 11) is 0. The van der Waals surface area contributed by atoms with Gasteiger partial charge < -0.3 is 15.2 Å². The minimum absolute atomic E-state index is 0.120. The Morgan fingerprint density at radius 1 is 1.43 bits per heavy atom. The maximum atomic E-state index is 14.8. The van der Waals surface area contributed by atoms with Crippen molar-refractivity contribution in [2.45, 2.75) is 13.0 Å². The van der Waals surface area contributed by atoms with E-state index in [4.69, 9.17) is 4.74 Å². The minimum Gasteiger partial charge on any atom is -0.494 e. The van der Waals surface area contributed by atoms with Crippen LogP contribution in [0.1, 0.15) is 6.92 Å². The Morgan fingerprint density at radius 3 is 2.96 bits per heavy atom. The fraction of sp³-hybridized carbons (Fsp3) is 0.211. The number of benzene rings is 1. The average Bonchev–Trinajstić information content (AvgIpc) is 3.20. The lowest BCUT2D eigenvalue weighted by Gasteiger charge is -2.15. The smallest absolute Gasteiger partial charge is 0.414 e. The molecule has 0 radical (unpaired) electrons. The summed E-state index contributed by atoms with van der Waals surface area (Å²) in [6, 6.07) is 7.61. The fourth-order valence-electron chi connectivity index (χ4n) is 3.16. The van der Waals surface area contributed by atoms with E-state index in [1.807, 2.05) is 0 Å². The topological polar surface area (TPSA) is 96.7 Å². The molecular formula is C19H17FN4O4. The molecule has 0 aliphatic carbocycles. The van der Waals surface area contributed by atoms with Gasteiger partial charge in [0.15, 0.2) is 0 Å². The number of hydrogen-bond donors (Lipinski definition) is 2. The van der Waals surface area contributed by atoms with E-state index in [1.54, 1.807) is 24.4 Å². The molecule has 2 N–H and O–H groups in total. The van der Waals surface area contributed by atoms with Gasteiger partial charge in [-0.15, -0.1) is 0 Å². The van der Waals surface area contributed by atoms with Crippen LogP contribution in [-0.2, 0) is 9.53 Å². The second kappa shape index (κ2) is 6.84. The molecule has 1 fully saturated rings. The highest BCUT2D eigenvalue weighted by Gasteiger charge is 2.32. The molecule has 0 spiro atoms. The molecule has 4 rings (SSSR count). The van der Waals surface area contributed by atoms with E-state index < -0.39 is 18.0 Å². The minimum atomic E-state index is -0.619. The molecule has 144 valence electrons. The van der Waals surface area contributed by atoms with Crippen LogP contribution in [0.4, 0.5) is 14.9 Å². The molecule has 9 heteroatoms. The van der Waals surface area contributed by atoms with E-state index in [1.165, 1.54) is 34.7 Å². The number of carbonyl (C=O) groups excluding carboxylic acids is 2.